The average molecular weight is 234 g/mol. The van der Waals surface area contributed by atoms with E-state index in [-0.39, 0.29) is 18.0 Å². The average Bonchev–Trinajstić information content (AvgIpc) is 2.52. The molecule has 3 aliphatic rings. The van der Waals surface area contributed by atoms with Crippen molar-refractivity contribution in [2.75, 3.05) is 0 Å². The van der Waals surface area contributed by atoms with Crippen molar-refractivity contribution in [3.8, 4) is 0 Å². The Labute approximate surface area is 103 Å². The quantitative estimate of drug-likeness (QED) is 0.475. The van der Waals surface area contributed by atoms with Crippen LogP contribution in [0.2, 0.25) is 0 Å². The van der Waals surface area contributed by atoms with Crippen LogP contribution in [0.1, 0.15) is 46.0 Å². The molecule has 3 rings (SSSR count). The van der Waals surface area contributed by atoms with Gasteiger partial charge in [-0.25, -0.2) is 0 Å². The molecule has 0 aromatic rings. The summed E-state index contributed by atoms with van der Waals surface area (Å²) in [5, 5.41) is 0. The van der Waals surface area contributed by atoms with Gasteiger partial charge in [-0.1, -0.05) is 26.0 Å². The van der Waals surface area contributed by atoms with Crippen molar-refractivity contribution in [1.29, 1.82) is 0 Å². The van der Waals surface area contributed by atoms with Crippen molar-refractivity contribution in [2.45, 2.75) is 52.1 Å². The van der Waals surface area contributed by atoms with Gasteiger partial charge in [0.2, 0.25) is 0 Å². The summed E-state index contributed by atoms with van der Waals surface area (Å²) in [7, 11) is 0. The second kappa shape index (κ2) is 3.60. The van der Waals surface area contributed by atoms with Crippen molar-refractivity contribution in [1.82, 2.24) is 0 Å². The highest BCUT2D eigenvalue weighted by Crippen LogP contribution is 2.56. The fraction of sp³-hybridized carbons (Fsp3) is 0.800. The molecule has 5 atom stereocenters. The van der Waals surface area contributed by atoms with Crippen molar-refractivity contribution < 1.29 is 9.53 Å². The van der Waals surface area contributed by atoms with Gasteiger partial charge in [-0.3, -0.25) is 4.79 Å². The van der Waals surface area contributed by atoms with E-state index in [1.54, 1.807) is 0 Å². The monoisotopic (exact) mass is 234 g/mol. The number of ether oxygens (including phenoxy) is 1. The molecule has 0 radical (unpaired) electrons. The lowest BCUT2D eigenvalue weighted by atomic mass is 9.55. The second-order valence-electron chi connectivity index (χ2n) is 6.59. The minimum atomic E-state index is 0.0212. The number of hydrogen-bond donors (Lipinski definition) is 0. The van der Waals surface area contributed by atoms with Crippen LogP contribution in [0.3, 0.4) is 0 Å². The van der Waals surface area contributed by atoms with Gasteiger partial charge in [-0.15, -0.1) is 0 Å². The molecule has 0 unspecified atom stereocenters. The maximum Gasteiger partial charge on any atom is 0.309 e. The zero-order valence-electron chi connectivity index (χ0n) is 10.9. The normalized spacial score (nSPS) is 49.5. The SMILES string of the molecule is C=C1CCC[C@]2(C)C[C@@H]3OC(=O)[C@@H](C)[C@@H]3C[C@@H]12. The summed E-state index contributed by atoms with van der Waals surface area (Å²) in [4.78, 5) is 11.7. The molecule has 0 N–H and O–H groups in total. The number of carbonyl (C=O) groups is 1. The van der Waals surface area contributed by atoms with E-state index in [1.807, 2.05) is 6.92 Å². The highest BCUT2D eigenvalue weighted by molar-refractivity contribution is 5.75. The van der Waals surface area contributed by atoms with E-state index in [0.717, 1.165) is 12.8 Å². The first kappa shape index (κ1) is 11.3. The van der Waals surface area contributed by atoms with Crippen molar-refractivity contribution >= 4 is 5.97 Å². The molecule has 0 aromatic heterocycles. The summed E-state index contributed by atoms with van der Waals surface area (Å²) in [6.07, 6.45) is 6.06. The Hall–Kier alpha value is -0.790. The summed E-state index contributed by atoms with van der Waals surface area (Å²) in [5.41, 5.74) is 1.75. The summed E-state index contributed by atoms with van der Waals surface area (Å²) >= 11 is 0. The molecule has 17 heavy (non-hydrogen) atoms. The molecule has 0 bridgehead atoms. The number of carbonyl (C=O) groups excluding carboxylic acids is 1. The van der Waals surface area contributed by atoms with Crippen molar-refractivity contribution in [2.24, 2.45) is 23.2 Å². The fourth-order valence-corrected chi connectivity index (χ4v) is 4.38. The molecule has 2 heteroatoms. The van der Waals surface area contributed by atoms with Crippen LogP contribution in [0.15, 0.2) is 12.2 Å². The summed E-state index contributed by atoms with van der Waals surface area (Å²) in [5.74, 6) is 1.18. The van der Waals surface area contributed by atoms with Gasteiger partial charge >= 0.3 is 5.97 Å². The van der Waals surface area contributed by atoms with E-state index < -0.39 is 0 Å². The first-order valence-corrected chi connectivity index (χ1v) is 6.89. The number of hydrogen-bond acceptors (Lipinski definition) is 2. The Morgan fingerprint density at radius 1 is 1.47 bits per heavy atom. The molecule has 1 saturated heterocycles. The molecule has 94 valence electrons. The van der Waals surface area contributed by atoms with Crippen molar-refractivity contribution in [3.63, 3.8) is 0 Å². The van der Waals surface area contributed by atoms with Crippen LogP contribution >= 0.6 is 0 Å². The van der Waals surface area contributed by atoms with Crippen LogP contribution in [-0.2, 0) is 9.53 Å². The fourth-order valence-electron chi connectivity index (χ4n) is 4.38. The lowest BCUT2D eigenvalue weighted by molar-refractivity contribution is -0.145. The first-order chi connectivity index (χ1) is 8.01. The van der Waals surface area contributed by atoms with Gasteiger partial charge in [-0.05, 0) is 43.4 Å². The van der Waals surface area contributed by atoms with Gasteiger partial charge in [-0.2, -0.15) is 0 Å². The van der Waals surface area contributed by atoms with Crippen molar-refractivity contribution in [3.05, 3.63) is 12.2 Å². The Balaban J connectivity index is 1.88. The number of rotatable bonds is 0. The van der Waals surface area contributed by atoms with Crippen LogP contribution in [0.4, 0.5) is 0 Å². The summed E-state index contributed by atoms with van der Waals surface area (Å²) < 4.78 is 5.56. The minimum absolute atomic E-state index is 0.0212. The van der Waals surface area contributed by atoms with E-state index in [0.29, 0.717) is 17.3 Å². The molecule has 1 heterocycles. The predicted octanol–water partition coefficient (Wildman–Crippen LogP) is 3.32. The van der Waals surface area contributed by atoms with E-state index in [9.17, 15) is 4.79 Å². The Kier molecular flexibility index (Phi) is 2.39. The number of allylic oxidation sites excluding steroid dienone is 1. The summed E-state index contributed by atoms with van der Waals surface area (Å²) in [6, 6.07) is 0. The van der Waals surface area contributed by atoms with Gasteiger partial charge in [0, 0.05) is 5.92 Å². The molecule has 2 nitrogen and oxygen atoms in total. The Bertz CT molecular complexity index is 373. The maximum atomic E-state index is 11.7. The summed E-state index contributed by atoms with van der Waals surface area (Å²) in [6.45, 7) is 8.68. The largest absolute Gasteiger partial charge is 0.462 e. The molecular weight excluding hydrogens is 212 g/mol. The second-order valence-corrected chi connectivity index (χ2v) is 6.59. The number of esters is 1. The standard InChI is InChI=1S/C15H22O2/c1-9-5-4-6-15(3)8-13-11(7-12(9)15)10(2)14(16)17-13/h10-13H,1,4-8H2,2-3H3/t10-,11-,12-,13-,15+/m0/s1. The molecular formula is C15H22O2. The highest BCUT2D eigenvalue weighted by atomic mass is 16.6. The third kappa shape index (κ3) is 1.56. The van der Waals surface area contributed by atoms with Gasteiger partial charge in [0.05, 0.1) is 5.92 Å². The minimum Gasteiger partial charge on any atom is -0.462 e. The Morgan fingerprint density at radius 2 is 2.24 bits per heavy atom. The zero-order chi connectivity index (χ0) is 12.2. The van der Waals surface area contributed by atoms with Gasteiger partial charge in [0.25, 0.3) is 0 Å². The lowest BCUT2D eigenvalue weighted by Crippen LogP contribution is -2.44. The van der Waals surface area contributed by atoms with Crippen LogP contribution in [0.25, 0.3) is 0 Å². The number of fused-ring (bicyclic) bond motifs is 2. The third-order valence-electron chi connectivity index (χ3n) is 5.51. The van der Waals surface area contributed by atoms with Crippen LogP contribution in [0, 0.1) is 23.2 Å². The lowest BCUT2D eigenvalue weighted by Gasteiger charge is -2.49. The molecule has 1 aliphatic heterocycles. The molecule has 0 aromatic carbocycles. The van der Waals surface area contributed by atoms with E-state index >= 15 is 0 Å². The highest BCUT2D eigenvalue weighted by Gasteiger charge is 2.53. The van der Waals surface area contributed by atoms with Gasteiger partial charge in [0.1, 0.15) is 6.10 Å². The van der Waals surface area contributed by atoms with Crippen LogP contribution in [-0.4, -0.2) is 12.1 Å². The zero-order valence-corrected chi connectivity index (χ0v) is 10.9. The molecule has 2 aliphatic carbocycles. The molecule has 3 fully saturated rings. The van der Waals surface area contributed by atoms with E-state index in [1.165, 1.54) is 24.8 Å². The van der Waals surface area contributed by atoms with Crippen LogP contribution < -0.4 is 0 Å². The Morgan fingerprint density at radius 3 is 3.00 bits per heavy atom. The molecule has 0 spiro atoms. The van der Waals surface area contributed by atoms with Gasteiger partial charge in [0.15, 0.2) is 0 Å². The van der Waals surface area contributed by atoms with Gasteiger partial charge < -0.3 is 4.74 Å². The van der Waals surface area contributed by atoms with Crippen LogP contribution in [0.5, 0.6) is 0 Å². The third-order valence-corrected chi connectivity index (χ3v) is 5.51. The van der Waals surface area contributed by atoms with E-state index in [2.05, 4.69) is 13.5 Å². The molecule has 2 saturated carbocycles. The first-order valence-electron chi connectivity index (χ1n) is 6.89. The van der Waals surface area contributed by atoms with E-state index in [4.69, 9.17) is 4.74 Å². The maximum absolute atomic E-state index is 11.7. The topological polar surface area (TPSA) is 26.3 Å². The smallest absolute Gasteiger partial charge is 0.309 e. The molecule has 0 amide bonds. The predicted molar refractivity (Wildman–Crippen MR) is 66.4 cm³/mol.